The molecular formula is C16H20BrN. The first-order valence-corrected chi connectivity index (χ1v) is 6.74. The summed E-state index contributed by atoms with van der Waals surface area (Å²) in [7, 11) is 1.98. The van der Waals surface area contributed by atoms with E-state index in [1.807, 2.05) is 18.9 Å². The summed E-state index contributed by atoms with van der Waals surface area (Å²) in [5, 5.41) is 0. The van der Waals surface area contributed by atoms with Crippen molar-refractivity contribution in [3.05, 3.63) is 53.7 Å². The molecular weight excluding hydrogens is 286 g/mol. The molecule has 0 saturated carbocycles. The van der Waals surface area contributed by atoms with E-state index in [1.54, 1.807) is 6.20 Å². The third kappa shape index (κ3) is 2.94. The molecule has 0 bridgehead atoms. The number of nitrogens with zero attached hydrogens (tertiary/aromatic N) is 1. The van der Waals surface area contributed by atoms with Crippen molar-refractivity contribution in [1.82, 2.24) is 0 Å². The number of hydrogen-bond acceptors (Lipinski definition) is 1. The molecule has 0 fully saturated rings. The molecule has 0 amide bonds. The van der Waals surface area contributed by atoms with Crippen molar-refractivity contribution in [2.75, 3.05) is 11.9 Å². The van der Waals surface area contributed by atoms with Crippen LogP contribution < -0.4 is 4.90 Å². The van der Waals surface area contributed by atoms with E-state index < -0.39 is 0 Å². The van der Waals surface area contributed by atoms with Crippen molar-refractivity contribution in [2.45, 2.75) is 20.3 Å². The van der Waals surface area contributed by atoms with Crippen LogP contribution in [0.5, 0.6) is 0 Å². The summed E-state index contributed by atoms with van der Waals surface area (Å²) in [4.78, 5) is 1.99. The molecule has 1 aromatic rings. The van der Waals surface area contributed by atoms with Crippen molar-refractivity contribution in [2.24, 2.45) is 0 Å². The van der Waals surface area contributed by atoms with E-state index in [1.165, 1.54) is 0 Å². The minimum Gasteiger partial charge on any atom is -0.351 e. The molecule has 0 saturated heterocycles. The van der Waals surface area contributed by atoms with Gasteiger partial charge in [-0.15, -0.1) is 0 Å². The van der Waals surface area contributed by atoms with Gasteiger partial charge >= 0.3 is 0 Å². The van der Waals surface area contributed by atoms with Gasteiger partial charge in [0.05, 0.1) is 0 Å². The van der Waals surface area contributed by atoms with Crippen molar-refractivity contribution in [1.29, 1.82) is 0 Å². The summed E-state index contributed by atoms with van der Waals surface area (Å²) >= 11 is 3.62. The van der Waals surface area contributed by atoms with E-state index in [-0.39, 0.29) is 0 Å². The molecule has 0 spiro atoms. The van der Waals surface area contributed by atoms with Crippen molar-refractivity contribution in [3.8, 4) is 0 Å². The van der Waals surface area contributed by atoms with Gasteiger partial charge in [-0.05, 0) is 48.4 Å². The molecule has 0 N–H and O–H groups in total. The predicted molar refractivity (Wildman–Crippen MR) is 86.8 cm³/mol. The summed E-state index contributed by atoms with van der Waals surface area (Å²) in [6, 6.07) is 4.25. The highest BCUT2D eigenvalue weighted by molar-refractivity contribution is 9.10. The van der Waals surface area contributed by atoms with Gasteiger partial charge in [-0.1, -0.05) is 42.6 Å². The van der Waals surface area contributed by atoms with Gasteiger partial charge in [-0.3, -0.25) is 0 Å². The summed E-state index contributed by atoms with van der Waals surface area (Å²) in [5.74, 6) is 0. The van der Waals surface area contributed by atoms with E-state index in [9.17, 15) is 0 Å². The normalized spacial score (nSPS) is 10.0. The third-order valence-electron chi connectivity index (χ3n) is 3.01. The van der Waals surface area contributed by atoms with Crippen LogP contribution in [0.3, 0.4) is 0 Å². The van der Waals surface area contributed by atoms with Crippen LogP contribution in [0.2, 0.25) is 0 Å². The fraction of sp³-hybridized carbons (Fsp3) is 0.250. The molecule has 0 aliphatic rings. The fourth-order valence-corrected chi connectivity index (χ4v) is 2.37. The topological polar surface area (TPSA) is 3.24 Å². The lowest BCUT2D eigenvalue weighted by Gasteiger charge is -2.21. The van der Waals surface area contributed by atoms with E-state index >= 15 is 0 Å². The van der Waals surface area contributed by atoms with Crippen molar-refractivity contribution < 1.29 is 0 Å². The summed E-state index contributed by atoms with van der Waals surface area (Å²) in [6.07, 6.45) is 2.73. The standard InChI is InChI=1S/C16H20BrN/c1-7-12(5)14-9-13(11(3)4)16(10-15(14)17)18(6)8-2/h8-10H,2-3,5,7H2,1,4,6H3. The average molecular weight is 306 g/mol. The third-order valence-corrected chi connectivity index (χ3v) is 3.66. The molecule has 2 heteroatoms. The molecule has 1 aromatic carbocycles. The maximum atomic E-state index is 4.11. The average Bonchev–Trinajstić information content (AvgIpc) is 2.36. The largest absolute Gasteiger partial charge is 0.351 e. The van der Waals surface area contributed by atoms with E-state index in [2.05, 4.69) is 54.7 Å². The molecule has 0 atom stereocenters. The Hall–Kier alpha value is -1.28. The highest BCUT2D eigenvalue weighted by atomic mass is 79.9. The Morgan fingerprint density at radius 3 is 2.39 bits per heavy atom. The van der Waals surface area contributed by atoms with Crippen LogP contribution >= 0.6 is 15.9 Å². The Morgan fingerprint density at radius 2 is 1.94 bits per heavy atom. The van der Waals surface area contributed by atoms with Gasteiger partial charge in [0.2, 0.25) is 0 Å². The van der Waals surface area contributed by atoms with Crippen LogP contribution in [0.25, 0.3) is 11.1 Å². The Morgan fingerprint density at radius 1 is 1.33 bits per heavy atom. The molecule has 0 aliphatic carbocycles. The predicted octanol–water partition coefficient (Wildman–Crippen LogP) is 5.49. The molecule has 1 rings (SSSR count). The fourth-order valence-electron chi connectivity index (χ4n) is 1.76. The summed E-state index contributed by atoms with van der Waals surface area (Å²) in [5.41, 5.74) is 5.53. The lowest BCUT2D eigenvalue weighted by Crippen LogP contribution is -2.10. The second-order valence-electron chi connectivity index (χ2n) is 4.38. The zero-order valence-electron chi connectivity index (χ0n) is 11.4. The van der Waals surface area contributed by atoms with Gasteiger partial charge in [-0.25, -0.2) is 0 Å². The first-order chi connectivity index (χ1) is 8.42. The van der Waals surface area contributed by atoms with Crippen LogP contribution in [0.1, 0.15) is 31.4 Å². The lowest BCUT2D eigenvalue weighted by atomic mass is 9.98. The second kappa shape index (κ2) is 6.05. The highest BCUT2D eigenvalue weighted by Crippen LogP contribution is 2.35. The van der Waals surface area contributed by atoms with E-state index in [4.69, 9.17) is 0 Å². The Bertz CT molecular complexity index is 500. The van der Waals surface area contributed by atoms with Crippen molar-refractivity contribution in [3.63, 3.8) is 0 Å². The first-order valence-electron chi connectivity index (χ1n) is 5.95. The number of halogens is 1. The van der Waals surface area contributed by atoms with Crippen molar-refractivity contribution >= 4 is 32.8 Å². The van der Waals surface area contributed by atoms with Crippen LogP contribution in [-0.4, -0.2) is 7.05 Å². The summed E-state index contributed by atoms with van der Waals surface area (Å²) < 4.78 is 1.06. The van der Waals surface area contributed by atoms with Gasteiger partial charge in [0.15, 0.2) is 0 Å². The number of allylic oxidation sites excluding steroid dienone is 2. The molecule has 0 unspecified atom stereocenters. The monoisotopic (exact) mass is 305 g/mol. The van der Waals surface area contributed by atoms with Gasteiger partial charge in [-0.2, -0.15) is 0 Å². The molecule has 0 aromatic heterocycles. The Balaban J connectivity index is 3.48. The smallest absolute Gasteiger partial charge is 0.0491 e. The van der Waals surface area contributed by atoms with Gasteiger partial charge in [0.1, 0.15) is 0 Å². The number of rotatable bonds is 5. The first kappa shape index (κ1) is 14.8. The molecule has 0 heterocycles. The van der Waals surface area contributed by atoms with Gasteiger partial charge in [0, 0.05) is 22.8 Å². The van der Waals surface area contributed by atoms with Crippen LogP contribution in [0, 0.1) is 0 Å². The summed E-state index contributed by atoms with van der Waals surface area (Å²) in [6.45, 7) is 16.1. The SMILES string of the molecule is C=CN(C)c1cc(Br)c(C(=C)CC)cc1C(=C)C. The molecule has 18 heavy (non-hydrogen) atoms. The second-order valence-corrected chi connectivity index (χ2v) is 5.23. The highest BCUT2D eigenvalue weighted by Gasteiger charge is 2.12. The maximum absolute atomic E-state index is 4.11. The zero-order chi connectivity index (χ0) is 13.9. The zero-order valence-corrected chi connectivity index (χ0v) is 13.0. The van der Waals surface area contributed by atoms with Crippen LogP contribution in [-0.2, 0) is 0 Å². The van der Waals surface area contributed by atoms with Gasteiger partial charge in [0.25, 0.3) is 0 Å². The van der Waals surface area contributed by atoms with Crippen LogP contribution in [0.4, 0.5) is 5.69 Å². The quantitative estimate of drug-likeness (QED) is 0.695. The molecule has 1 nitrogen and oxygen atoms in total. The van der Waals surface area contributed by atoms with E-state index in [0.29, 0.717) is 0 Å². The van der Waals surface area contributed by atoms with Crippen LogP contribution in [0.15, 0.2) is 42.5 Å². The molecule has 0 aliphatic heterocycles. The Kier molecular flexibility index (Phi) is 4.97. The number of benzene rings is 1. The Labute approximate surface area is 119 Å². The van der Waals surface area contributed by atoms with E-state index in [0.717, 1.165) is 38.9 Å². The maximum Gasteiger partial charge on any atom is 0.0491 e. The molecule has 96 valence electrons. The number of hydrogen-bond donors (Lipinski definition) is 0. The minimum absolute atomic E-state index is 0.935. The van der Waals surface area contributed by atoms with Gasteiger partial charge < -0.3 is 4.90 Å². The minimum atomic E-state index is 0.935. The number of anilines is 1. The lowest BCUT2D eigenvalue weighted by molar-refractivity contribution is 1.19. The molecule has 0 radical (unpaired) electrons.